The zero-order valence-electron chi connectivity index (χ0n) is 12.0. The van der Waals surface area contributed by atoms with Crippen LogP contribution in [0.5, 0.6) is 11.6 Å². The summed E-state index contributed by atoms with van der Waals surface area (Å²) in [6, 6.07) is 11.8. The van der Waals surface area contributed by atoms with E-state index in [1.165, 1.54) is 18.7 Å². The molecule has 0 bridgehead atoms. The molecule has 0 fully saturated rings. The molecule has 0 aliphatic carbocycles. The predicted molar refractivity (Wildman–Crippen MR) is 85.2 cm³/mol. The maximum Gasteiger partial charge on any atom is 0.256 e. The highest BCUT2D eigenvalue weighted by Crippen LogP contribution is 2.19. The van der Waals surface area contributed by atoms with Crippen molar-refractivity contribution in [2.24, 2.45) is 0 Å². The number of carbonyl (C=O) groups is 1. The Morgan fingerprint density at radius 2 is 1.87 bits per heavy atom. The molecule has 0 aliphatic rings. The van der Waals surface area contributed by atoms with Crippen LogP contribution in [0.4, 0.5) is 11.5 Å². The molecule has 0 unspecified atom stereocenters. The average molecular weight is 307 g/mol. The number of ether oxygens (including phenoxy) is 1. The van der Waals surface area contributed by atoms with E-state index < -0.39 is 0 Å². The fourth-order valence-electron chi connectivity index (χ4n) is 1.87. The molecule has 3 N–H and O–H groups in total. The van der Waals surface area contributed by atoms with Crippen LogP contribution in [0.15, 0.2) is 61.2 Å². The van der Waals surface area contributed by atoms with Gasteiger partial charge in [-0.05, 0) is 24.3 Å². The summed E-state index contributed by atoms with van der Waals surface area (Å²) in [5, 5.41) is 2.69. The molecule has 1 aromatic carbocycles. The molecule has 2 aromatic heterocycles. The zero-order valence-corrected chi connectivity index (χ0v) is 12.0. The topological polar surface area (TPSA) is 103 Å². The average Bonchev–Trinajstić information content (AvgIpc) is 2.56. The van der Waals surface area contributed by atoms with Crippen LogP contribution in [0.3, 0.4) is 0 Å². The van der Waals surface area contributed by atoms with Crippen molar-refractivity contribution in [3.63, 3.8) is 0 Å². The molecule has 3 rings (SSSR count). The van der Waals surface area contributed by atoms with E-state index in [-0.39, 0.29) is 5.91 Å². The molecule has 1 amide bonds. The van der Waals surface area contributed by atoms with Crippen LogP contribution in [-0.4, -0.2) is 20.9 Å². The first-order chi connectivity index (χ1) is 11.2. The van der Waals surface area contributed by atoms with Crippen molar-refractivity contribution in [3.8, 4) is 11.6 Å². The van der Waals surface area contributed by atoms with Crippen molar-refractivity contribution in [2.75, 3.05) is 11.1 Å². The van der Waals surface area contributed by atoms with Crippen molar-refractivity contribution in [1.29, 1.82) is 0 Å². The van der Waals surface area contributed by atoms with Gasteiger partial charge in [0.2, 0.25) is 5.88 Å². The van der Waals surface area contributed by atoms with Crippen LogP contribution in [0.1, 0.15) is 10.4 Å². The van der Waals surface area contributed by atoms with Crippen molar-refractivity contribution >= 4 is 17.4 Å². The fraction of sp³-hybridized carbons (Fsp3) is 0. The molecule has 0 radical (unpaired) electrons. The van der Waals surface area contributed by atoms with Gasteiger partial charge in [0.25, 0.3) is 5.91 Å². The minimum atomic E-state index is -0.301. The number of carbonyl (C=O) groups excluding carboxylic acids is 1. The lowest BCUT2D eigenvalue weighted by Crippen LogP contribution is -2.13. The second kappa shape index (κ2) is 6.52. The Hall–Kier alpha value is -3.48. The van der Waals surface area contributed by atoms with E-state index in [9.17, 15) is 4.79 Å². The van der Waals surface area contributed by atoms with E-state index in [0.29, 0.717) is 28.7 Å². The van der Waals surface area contributed by atoms with E-state index in [2.05, 4.69) is 20.3 Å². The predicted octanol–water partition coefficient (Wildman–Crippen LogP) is 2.50. The summed E-state index contributed by atoms with van der Waals surface area (Å²) in [7, 11) is 0. The summed E-state index contributed by atoms with van der Waals surface area (Å²) >= 11 is 0. The van der Waals surface area contributed by atoms with Crippen molar-refractivity contribution < 1.29 is 9.53 Å². The molecule has 23 heavy (non-hydrogen) atoms. The molecule has 7 heteroatoms. The standard InChI is InChI=1S/C16H13N5O2/c17-12-4-1-3-11(7-12)16(22)21-14-5-2-6-15(20-14)23-13-8-18-10-19-9-13/h1-10H,17H2,(H,20,21,22). The van der Waals surface area contributed by atoms with Crippen LogP contribution in [0.25, 0.3) is 0 Å². The number of nitrogen functional groups attached to an aromatic ring is 1. The Bertz CT molecular complexity index is 823. The highest BCUT2D eigenvalue weighted by atomic mass is 16.5. The third-order valence-electron chi connectivity index (χ3n) is 2.87. The van der Waals surface area contributed by atoms with Gasteiger partial charge in [-0.15, -0.1) is 0 Å². The number of nitrogens with zero attached hydrogens (tertiary/aromatic N) is 3. The Kier molecular flexibility index (Phi) is 4.10. The van der Waals surface area contributed by atoms with Crippen molar-refractivity contribution in [3.05, 3.63) is 66.7 Å². The fourth-order valence-corrected chi connectivity index (χ4v) is 1.87. The number of aromatic nitrogens is 3. The van der Waals surface area contributed by atoms with Crippen LogP contribution < -0.4 is 15.8 Å². The summed E-state index contributed by atoms with van der Waals surface area (Å²) in [6.07, 6.45) is 4.45. The lowest BCUT2D eigenvalue weighted by atomic mass is 10.2. The molecule has 0 spiro atoms. The zero-order chi connectivity index (χ0) is 16.1. The molecular weight excluding hydrogens is 294 g/mol. The molecule has 3 aromatic rings. The van der Waals surface area contributed by atoms with Crippen LogP contribution in [-0.2, 0) is 0 Å². The van der Waals surface area contributed by atoms with Crippen molar-refractivity contribution in [1.82, 2.24) is 15.0 Å². The Morgan fingerprint density at radius 3 is 2.65 bits per heavy atom. The van der Waals surface area contributed by atoms with E-state index >= 15 is 0 Å². The summed E-state index contributed by atoms with van der Waals surface area (Å²) in [6.45, 7) is 0. The first kappa shape index (κ1) is 14.5. The number of benzene rings is 1. The molecule has 2 heterocycles. The van der Waals surface area contributed by atoms with E-state index in [1.54, 1.807) is 42.5 Å². The Morgan fingerprint density at radius 1 is 1.09 bits per heavy atom. The summed E-state index contributed by atoms with van der Waals surface area (Å²) in [4.78, 5) is 24.1. The Labute approximate surface area is 132 Å². The lowest BCUT2D eigenvalue weighted by molar-refractivity contribution is 0.102. The second-order valence-corrected chi connectivity index (χ2v) is 4.62. The van der Waals surface area contributed by atoms with Crippen LogP contribution in [0.2, 0.25) is 0 Å². The van der Waals surface area contributed by atoms with Crippen molar-refractivity contribution in [2.45, 2.75) is 0 Å². The van der Waals surface area contributed by atoms with E-state index in [0.717, 1.165) is 0 Å². The number of amides is 1. The third kappa shape index (κ3) is 3.79. The van der Waals surface area contributed by atoms with Crippen LogP contribution >= 0.6 is 0 Å². The summed E-state index contributed by atoms with van der Waals surface area (Å²) in [5.74, 6) is 0.848. The second-order valence-electron chi connectivity index (χ2n) is 4.62. The first-order valence-corrected chi connectivity index (χ1v) is 6.77. The number of hydrogen-bond acceptors (Lipinski definition) is 6. The maximum absolute atomic E-state index is 12.2. The minimum absolute atomic E-state index is 0.301. The van der Waals surface area contributed by atoms with Gasteiger partial charge >= 0.3 is 0 Å². The molecule has 0 aliphatic heterocycles. The van der Waals surface area contributed by atoms with Gasteiger partial charge < -0.3 is 15.8 Å². The van der Waals surface area contributed by atoms with E-state index in [4.69, 9.17) is 10.5 Å². The molecule has 114 valence electrons. The van der Waals surface area contributed by atoms with Gasteiger partial charge in [-0.25, -0.2) is 9.97 Å². The van der Waals surface area contributed by atoms with Crippen LogP contribution in [0, 0.1) is 0 Å². The number of anilines is 2. The monoisotopic (exact) mass is 307 g/mol. The number of pyridine rings is 1. The Balaban J connectivity index is 1.74. The van der Waals surface area contributed by atoms with Gasteiger partial charge in [0, 0.05) is 17.3 Å². The van der Waals surface area contributed by atoms with Gasteiger partial charge in [0.1, 0.15) is 12.1 Å². The molecule has 0 atom stereocenters. The van der Waals surface area contributed by atoms with Gasteiger partial charge in [-0.3, -0.25) is 4.79 Å². The summed E-state index contributed by atoms with van der Waals surface area (Å²) in [5.41, 5.74) is 6.65. The third-order valence-corrected chi connectivity index (χ3v) is 2.87. The van der Waals surface area contributed by atoms with Gasteiger partial charge in [-0.2, -0.15) is 4.98 Å². The lowest BCUT2D eigenvalue weighted by Gasteiger charge is -2.07. The first-order valence-electron chi connectivity index (χ1n) is 6.77. The normalized spacial score (nSPS) is 10.1. The smallest absolute Gasteiger partial charge is 0.256 e. The van der Waals surface area contributed by atoms with Gasteiger partial charge in [0.05, 0.1) is 12.4 Å². The summed E-state index contributed by atoms with van der Waals surface area (Å²) < 4.78 is 5.52. The molecule has 0 saturated carbocycles. The largest absolute Gasteiger partial charge is 0.436 e. The van der Waals surface area contributed by atoms with E-state index in [1.807, 2.05) is 0 Å². The number of rotatable bonds is 4. The van der Waals surface area contributed by atoms with Gasteiger partial charge in [-0.1, -0.05) is 12.1 Å². The van der Waals surface area contributed by atoms with Gasteiger partial charge in [0.15, 0.2) is 5.75 Å². The molecule has 0 saturated heterocycles. The molecular formula is C16H13N5O2. The number of hydrogen-bond donors (Lipinski definition) is 2. The SMILES string of the molecule is Nc1cccc(C(=O)Nc2cccc(Oc3cncnc3)n2)c1. The maximum atomic E-state index is 12.2. The molecule has 7 nitrogen and oxygen atoms in total. The quantitative estimate of drug-likeness (QED) is 0.718. The number of nitrogens with two attached hydrogens (primary N) is 1. The number of nitrogens with one attached hydrogen (secondary N) is 1. The highest BCUT2D eigenvalue weighted by Gasteiger charge is 2.08. The minimum Gasteiger partial charge on any atom is -0.436 e. The highest BCUT2D eigenvalue weighted by molar-refractivity contribution is 6.04.